The van der Waals surface area contributed by atoms with Crippen molar-refractivity contribution < 1.29 is 43.2 Å². The Kier molecular flexibility index (Phi) is 5.29. The molecule has 0 fully saturated rings. The fraction of sp³-hybridized carbons (Fsp3) is 0.280. The summed E-state index contributed by atoms with van der Waals surface area (Å²) in [4.78, 5) is -2.40. The number of sulfone groups is 2. The third kappa shape index (κ3) is 2.91. The van der Waals surface area contributed by atoms with Crippen molar-refractivity contribution in [3.63, 3.8) is 0 Å². The smallest absolute Gasteiger partial charge is 0.219 e. The third-order valence-corrected chi connectivity index (χ3v) is 11.1. The fourth-order valence-electron chi connectivity index (χ4n) is 5.32. The first-order chi connectivity index (χ1) is 17.1. The number of benzene rings is 2. The van der Waals surface area contributed by atoms with Crippen LogP contribution >= 0.6 is 0 Å². The van der Waals surface area contributed by atoms with E-state index in [1.807, 2.05) is 0 Å². The lowest BCUT2D eigenvalue weighted by Gasteiger charge is -2.26. The molecule has 2 aliphatic heterocycles. The summed E-state index contributed by atoms with van der Waals surface area (Å²) in [5, 5.41) is 0. The zero-order chi connectivity index (χ0) is 27.3. The van der Waals surface area contributed by atoms with Crippen LogP contribution in [0.15, 0.2) is 79.3 Å². The molecule has 0 radical (unpaired) electrons. The van der Waals surface area contributed by atoms with E-state index in [2.05, 4.69) is 0 Å². The highest BCUT2D eigenvalue weighted by Gasteiger charge is 2.81. The summed E-state index contributed by atoms with van der Waals surface area (Å²) in [7, 11) is -8.94. The molecule has 3 aliphatic rings. The molecule has 0 saturated heterocycles. The van der Waals surface area contributed by atoms with Gasteiger partial charge in [0.25, 0.3) is 0 Å². The number of fused-ring (bicyclic) bond motifs is 2. The Labute approximate surface area is 208 Å². The van der Waals surface area contributed by atoms with E-state index in [0.717, 1.165) is 24.3 Å². The van der Waals surface area contributed by atoms with Gasteiger partial charge in [-0.1, -0.05) is 50.2 Å². The molecule has 196 valence electrons. The normalized spacial score (nSPS) is 24.0. The molecule has 37 heavy (non-hydrogen) atoms. The minimum Gasteiger partial charge on any atom is -0.219 e. The Morgan fingerprint density at radius 2 is 0.919 bits per heavy atom. The molecule has 0 bridgehead atoms. The molecule has 0 aromatic heterocycles. The van der Waals surface area contributed by atoms with Gasteiger partial charge in [-0.05, 0) is 25.0 Å². The molecule has 0 N–H and O–H groups in total. The Morgan fingerprint density at radius 3 is 1.24 bits per heavy atom. The summed E-state index contributed by atoms with van der Waals surface area (Å²) in [6, 6.07) is 9.41. The largest absolute Gasteiger partial charge is 0.380 e. The molecular formula is C25H18F6O4S2. The highest BCUT2D eigenvalue weighted by molar-refractivity contribution is 7.96. The summed E-state index contributed by atoms with van der Waals surface area (Å²) in [5.41, 5.74) is -6.48. The number of allylic oxidation sites excluding steroid dienone is 6. The molecule has 5 rings (SSSR count). The van der Waals surface area contributed by atoms with Gasteiger partial charge >= 0.3 is 17.8 Å². The van der Waals surface area contributed by atoms with Gasteiger partial charge in [0.1, 0.15) is 0 Å². The van der Waals surface area contributed by atoms with E-state index in [9.17, 15) is 16.8 Å². The first-order valence-corrected chi connectivity index (χ1v) is 14.1. The van der Waals surface area contributed by atoms with Crippen molar-refractivity contribution in [2.45, 2.75) is 54.2 Å². The van der Waals surface area contributed by atoms with Crippen LogP contribution in [0.25, 0.3) is 11.1 Å². The lowest BCUT2D eigenvalue weighted by Crippen LogP contribution is -2.49. The minimum atomic E-state index is -5.98. The van der Waals surface area contributed by atoms with Gasteiger partial charge < -0.3 is 0 Å². The van der Waals surface area contributed by atoms with E-state index in [1.54, 1.807) is 0 Å². The molecule has 4 nitrogen and oxygen atoms in total. The van der Waals surface area contributed by atoms with Gasteiger partial charge in [0.15, 0.2) is 0 Å². The molecule has 12 heteroatoms. The number of halogens is 6. The van der Waals surface area contributed by atoms with Crippen LogP contribution in [-0.2, 0) is 19.7 Å². The average Bonchev–Trinajstić information content (AvgIpc) is 3.23. The van der Waals surface area contributed by atoms with Gasteiger partial charge in [0.2, 0.25) is 19.7 Å². The quantitative estimate of drug-likeness (QED) is 0.405. The van der Waals surface area contributed by atoms with Crippen molar-refractivity contribution in [1.82, 2.24) is 0 Å². The molecule has 1 aliphatic carbocycles. The van der Waals surface area contributed by atoms with Crippen LogP contribution in [0.1, 0.15) is 37.8 Å². The lowest BCUT2D eigenvalue weighted by atomic mass is 9.87. The fourth-order valence-corrected chi connectivity index (χ4v) is 9.01. The van der Waals surface area contributed by atoms with Crippen LogP contribution in [0.2, 0.25) is 0 Å². The lowest BCUT2D eigenvalue weighted by molar-refractivity contribution is -0.263. The van der Waals surface area contributed by atoms with Crippen LogP contribution in [0.5, 0.6) is 0 Å². The predicted molar refractivity (Wildman–Crippen MR) is 124 cm³/mol. The van der Waals surface area contributed by atoms with Crippen molar-refractivity contribution >= 4 is 30.8 Å². The highest BCUT2D eigenvalue weighted by Crippen LogP contribution is 2.67. The van der Waals surface area contributed by atoms with Crippen molar-refractivity contribution in [2.75, 3.05) is 0 Å². The summed E-state index contributed by atoms with van der Waals surface area (Å²) in [6.07, 6.45) is -0.907. The topological polar surface area (TPSA) is 68.3 Å². The summed E-state index contributed by atoms with van der Waals surface area (Å²) >= 11 is 0. The Balaban J connectivity index is 2.05. The standard InChI is InChI=1S/C25H18F6O4S2/c1-3-15-19(13-9-5-7-11-17(13)36(15,32)33)21-22(24(28,29)25(30,31)23(21,26)27)20-14-10-6-8-12-18(14)37(34,35)16(20)4-2/h5-12H,3-4H2,1-2H3. The van der Waals surface area contributed by atoms with Gasteiger partial charge in [0, 0.05) is 33.4 Å². The number of rotatable bonds is 4. The molecule has 2 aromatic rings. The minimum absolute atomic E-state index is 0.423. The van der Waals surface area contributed by atoms with E-state index in [4.69, 9.17) is 0 Å². The maximum atomic E-state index is 15.6. The van der Waals surface area contributed by atoms with E-state index in [1.165, 1.54) is 38.1 Å². The zero-order valence-corrected chi connectivity index (χ0v) is 20.9. The van der Waals surface area contributed by atoms with Gasteiger partial charge in [0.05, 0.1) is 19.6 Å². The van der Waals surface area contributed by atoms with Crippen molar-refractivity contribution in [3.8, 4) is 0 Å². The van der Waals surface area contributed by atoms with Gasteiger partial charge in [-0.25, -0.2) is 16.8 Å². The van der Waals surface area contributed by atoms with Gasteiger partial charge in [-0.2, -0.15) is 26.3 Å². The maximum absolute atomic E-state index is 15.6. The van der Waals surface area contributed by atoms with Crippen molar-refractivity contribution in [3.05, 3.63) is 80.6 Å². The van der Waals surface area contributed by atoms with Crippen LogP contribution in [-0.4, -0.2) is 34.6 Å². The third-order valence-electron chi connectivity index (χ3n) is 6.91. The molecule has 0 atom stereocenters. The maximum Gasteiger partial charge on any atom is 0.380 e. The number of hydrogen-bond acceptors (Lipinski definition) is 4. The van der Waals surface area contributed by atoms with Crippen LogP contribution in [0, 0.1) is 0 Å². The first kappa shape index (κ1) is 25.8. The molecule has 0 saturated carbocycles. The Bertz CT molecular complexity index is 1570. The Morgan fingerprint density at radius 1 is 0.595 bits per heavy atom. The molecule has 2 aromatic carbocycles. The van der Waals surface area contributed by atoms with Crippen LogP contribution in [0.4, 0.5) is 26.3 Å². The predicted octanol–water partition coefficient (Wildman–Crippen LogP) is 6.42. The molecule has 0 amide bonds. The average molecular weight is 561 g/mol. The summed E-state index contributed by atoms with van der Waals surface area (Å²) < 4.78 is 145. The summed E-state index contributed by atoms with van der Waals surface area (Å²) in [6.45, 7) is 2.54. The van der Waals surface area contributed by atoms with Crippen LogP contribution in [0.3, 0.4) is 0 Å². The second-order valence-electron chi connectivity index (χ2n) is 8.78. The zero-order valence-electron chi connectivity index (χ0n) is 19.3. The van der Waals surface area contributed by atoms with Crippen molar-refractivity contribution in [2.24, 2.45) is 0 Å². The molecule has 0 spiro atoms. The van der Waals surface area contributed by atoms with Crippen molar-refractivity contribution in [1.29, 1.82) is 0 Å². The van der Waals surface area contributed by atoms with Crippen LogP contribution < -0.4 is 0 Å². The SMILES string of the molecule is CCC1=C(C2=C(C3=C(CC)S(=O)(=O)c4ccccc43)C(F)(F)C(F)(F)C2(F)F)c2ccccc2S1(=O)=O. The first-order valence-electron chi connectivity index (χ1n) is 11.1. The molecular weight excluding hydrogens is 542 g/mol. The van der Waals surface area contributed by atoms with E-state index < -0.39 is 103 Å². The van der Waals surface area contributed by atoms with Gasteiger partial charge in [-0.15, -0.1) is 0 Å². The highest BCUT2D eigenvalue weighted by atomic mass is 32.2. The second-order valence-corrected chi connectivity index (χ2v) is 12.7. The number of hydrogen-bond donors (Lipinski definition) is 0. The summed E-state index contributed by atoms with van der Waals surface area (Å²) in [5.74, 6) is -17.1. The number of alkyl halides is 6. The van der Waals surface area contributed by atoms with E-state index >= 15 is 26.3 Å². The molecule has 2 heterocycles. The molecule has 0 unspecified atom stereocenters. The van der Waals surface area contributed by atoms with Gasteiger partial charge in [-0.3, -0.25) is 0 Å². The Hall–Kier alpha value is -2.86. The van der Waals surface area contributed by atoms with E-state index in [-0.39, 0.29) is 0 Å². The second kappa shape index (κ2) is 7.59. The monoisotopic (exact) mass is 560 g/mol. The van der Waals surface area contributed by atoms with E-state index in [0.29, 0.717) is 0 Å².